The minimum atomic E-state index is -0.405. The van der Waals surface area contributed by atoms with Crippen molar-refractivity contribution in [3.63, 3.8) is 0 Å². The molecule has 1 fully saturated rings. The van der Waals surface area contributed by atoms with Crippen molar-refractivity contribution in [2.75, 3.05) is 38.8 Å². The summed E-state index contributed by atoms with van der Waals surface area (Å²) in [4.78, 5) is 1.98. The minimum Gasteiger partial charge on any atom is -0.497 e. The first-order chi connectivity index (χ1) is 8.60. The van der Waals surface area contributed by atoms with E-state index in [2.05, 4.69) is 6.07 Å². The van der Waals surface area contributed by atoms with E-state index in [0.717, 1.165) is 11.4 Å². The molecule has 1 heterocycles. The molecule has 0 saturated carbocycles. The Hall–Kier alpha value is -1.44. The smallest absolute Gasteiger partial charge is 0.121 e. The van der Waals surface area contributed by atoms with E-state index in [1.165, 1.54) is 0 Å². The molecule has 1 aliphatic heterocycles. The van der Waals surface area contributed by atoms with Gasteiger partial charge in [0, 0.05) is 19.7 Å². The average molecular weight is 267 g/mol. The van der Waals surface area contributed by atoms with Crippen molar-refractivity contribution >= 4 is 17.3 Å². The second kappa shape index (κ2) is 5.05. The van der Waals surface area contributed by atoms with Crippen LogP contribution in [0.1, 0.15) is 0 Å². The molecule has 1 saturated heterocycles. The predicted octanol–water partition coefficient (Wildman–Crippen LogP) is 2.32. The molecule has 1 aromatic rings. The molecule has 0 atom stereocenters. The molecule has 5 heteroatoms. The molecule has 1 aromatic carbocycles. The van der Waals surface area contributed by atoms with E-state index < -0.39 is 5.41 Å². The van der Waals surface area contributed by atoms with E-state index in [-0.39, 0.29) is 0 Å². The Morgan fingerprint density at radius 1 is 1.56 bits per heavy atom. The van der Waals surface area contributed by atoms with E-state index >= 15 is 0 Å². The van der Waals surface area contributed by atoms with Gasteiger partial charge in [-0.3, -0.25) is 0 Å². The van der Waals surface area contributed by atoms with E-state index in [1.54, 1.807) is 13.2 Å². The van der Waals surface area contributed by atoms with Gasteiger partial charge in [0.25, 0.3) is 0 Å². The molecule has 0 aromatic heterocycles. The van der Waals surface area contributed by atoms with Crippen LogP contribution in [0, 0.1) is 16.7 Å². The molecular weight excluding hydrogens is 252 g/mol. The summed E-state index contributed by atoms with van der Waals surface area (Å²) in [6, 6.07) is 7.84. The molecule has 0 bridgehead atoms. The first-order valence-electron chi connectivity index (χ1n) is 5.64. The van der Waals surface area contributed by atoms with Crippen molar-refractivity contribution < 1.29 is 9.47 Å². The first-order valence-corrected chi connectivity index (χ1v) is 6.02. The van der Waals surface area contributed by atoms with Crippen LogP contribution in [0.3, 0.4) is 0 Å². The van der Waals surface area contributed by atoms with Crippen LogP contribution in [0.25, 0.3) is 0 Å². The van der Waals surface area contributed by atoms with Crippen LogP contribution >= 0.6 is 11.6 Å². The van der Waals surface area contributed by atoms with E-state index in [0.29, 0.717) is 24.8 Å². The number of hydrogen-bond donors (Lipinski definition) is 0. The third-order valence-corrected chi connectivity index (χ3v) is 3.40. The van der Waals surface area contributed by atoms with Crippen LogP contribution in [0.15, 0.2) is 18.2 Å². The number of ether oxygens (including phenoxy) is 2. The lowest BCUT2D eigenvalue weighted by Crippen LogP contribution is -2.49. The molecule has 0 spiro atoms. The van der Waals surface area contributed by atoms with Gasteiger partial charge in [0.05, 0.1) is 37.1 Å². The Morgan fingerprint density at radius 3 is 2.72 bits per heavy atom. The maximum absolute atomic E-state index is 9.17. The van der Waals surface area contributed by atoms with Gasteiger partial charge < -0.3 is 14.4 Å². The molecule has 18 heavy (non-hydrogen) atoms. The van der Waals surface area contributed by atoms with Crippen LogP contribution in [0.5, 0.6) is 5.75 Å². The van der Waals surface area contributed by atoms with Gasteiger partial charge in [-0.15, -0.1) is 0 Å². The zero-order valence-electron chi connectivity index (χ0n) is 10.4. The SMILES string of the molecule is COc1ccc(N(C)CC2(C#N)COC2)c(Cl)c1. The van der Waals surface area contributed by atoms with Crippen molar-refractivity contribution in [2.24, 2.45) is 5.41 Å². The van der Waals surface area contributed by atoms with Crippen LogP contribution < -0.4 is 9.64 Å². The molecule has 0 N–H and O–H groups in total. The van der Waals surface area contributed by atoms with Gasteiger partial charge in [-0.25, -0.2) is 0 Å². The minimum absolute atomic E-state index is 0.405. The van der Waals surface area contributed by atoms with Gasteiger partial charge in [0.1, 0.15) is 11.2 Å². The number of hydrogen-bond acceptors (Lipinski definition) is 4. The summed E-state index contributed by atoms with van der Waals surface area (Å²) in [6.45, 7) is 1.58. The van der Waals surface area contributed by atoms with Crippen LogP contribution in [0.4, 0.5) is 5.69 Å². The molecule has 4 nitrogen and oxygen atoms in total. The Kier molecular flexibility index (Phi) is 3.65. The molecule has 0 aliphatic carbocycles. The van der Waals surface area contributed by atoms with Crippen molar-refractivity contribution in [2.45, 2.75) is 0 Å². The molecule has 2 rings (SSSR count). The second-order valence-electron chi connectivity index (χ2n) is 4.56. The van der Waals surface area contributed by atoms with Gasteiger partial charge in [-0.1, -0.05) is 11.6 Å². The fourth-order valence-electron chi connectivity index (χ4n) is 2.00. The summed E-state index contributed by atoms with van der Waals surface area (Å²) >= 11 is 6.20. The fourth-order valence-corrected chi connectivity index (χ4v) is 2.32. The number of halogens is 1. The van der Waals surface area contributed by atoms with Gasteiger partial charge in [-0.2, -0.15) is 5.26 Å². The Morgan fingerprint density at radius 2 is 2.28 bits per heavy atom. The molecule has 0 amide bonds. The topological polar surface area (TPSA) is 45.5 Å². The summed E-state index contributed by atoms with van der Waals surface area (Å²) in [5.74, 6) is 0.721. The lowest BCUT2D eigenvalue weighted by atomic mass is 9.87. The maximum Gasteiger partial charge on any atom is 0.121 e. The van der Waals surface area contributed by atoms with E-state index in [1.807, 2.05) is 24.1 Å². The molecule has 96 valence electrons. The Bertz CT molecular complexity index is 480. The molecule has 0 unspecified atom stereocenters. The fraction of sp³-hybridized carbons (Fsp3) is 0.462. The number of nitriles is 1. The first kappa shape index (κ1) is 13.0. The third kappa shape index (κ3) is 2.38. The maximum atomic E-state index is 9.17. The van der Waals surface area contributed by atoms with E-state index in [9.17, 15) is 5.26 Å². The van der Waals surface area contributed by atoms with E-state index in [4.69, 9.17) is 21.1 Å². The zero-order valence-corrected chi connectivity index (χ0v) is 11.2. The number of benzene rings is 1. The highest BCUT2D eigenvalue weighted by Crippen LogP contribution is 2.33. The molecule has 0 radical (unpaired) electrons. The van der Waals surface area contributed by atoms with Crippen molar-refractivity contribution in [3.8, 4) is 11.8 Å². The number of rotatable bonds is 4. The largest absolute Gasteiger partial charge is 0.497 e. The molecule has 1 aliphatic rings. The summed E-state index contributed by atoms with van der Waals surface area (Å²) in [5.41, 5.74) is 0.483. The van der Waals surface area contributed by atoms with Crippen molar-refractivity contribution in [1.82, 2.24) is 0 Å². The predicted molar refractivity (Wildman–Crippen MR) is 70.1 cm³/mol. The highest BCUT2D eigenvalue weighted by atomic mass is 35.5. The Labute approximate surface area is 112 Å². The zero-order chi connectivity index (χ0) is 13.2. The normalized spacial score (nSPS) is 16.6. The Balaban J connectivity index is 2.14. The van der Waals surface area contributed by atoms with Gasteiger partial charge >= 0.3 is 0 Å². The standard InChI is InChI=1S/C13H15ClN2O2/c1-16(7-13(6-15)8-18-9-13)12-4-3-10(17-2)5-11(12)14/h3-5H,7-9H2,1-2H3. The van der Waals surface area contributed by atoms with Gasteiger partial charge in [-0.05, 0) is 12.1 Å². The highest BCUT2D eigenvalue weighted by Gasteiger charge is 2.40. The van der Waals surface area contributed by atoms with Crippen molar-refractivity contribution in [1.29, 1.82) is 5.26 Å². The summed E-state index contributed by atoms with van der Waals surface area (Å²) < 4.78 is 10.2. The third-order valence-electron chi connectivity index (χ3n) is 3.10. The van der Waals surface area contributed by atoms with Crippen molar-refractivity contribution in [3.05, 3.63) is 23.2 Å². The number of anilines is 1. The number of nitrogens with zero attached hydrogens (tertiary/aromatic N) is 2. The average Bonchev–Trinajstić information content (AvgIpc) is 2.33. The second-order valence-corrected chi connectivity index (χ2v) is 4.97. The highest BCUT2D eigenvalue weighted by molar-refractivity contribution is 6.33. The quantitative estimate of drug-likeness (QED) is 0.839. The summed E-state index contributed by atoms with van der Waals surface area (Å²) in [7, 11) is 3.52. The summed E-state index contributed by atoms with van der Waals surface area (Å²) in [6.07, 6.45) is 0. The lowest BCUT2D eigenvalue weighted by Gasteiger charge is -2.38. The van der Waals surface area contributed by atoms with Crippen LogP contribution in [-0.4, -0.2) is 33.9 Å². The van der Waals surface area contributed by atoms with Crippen LogP contribution in [-0.2, 0) is 4.74 Å². The van der Waals surface area contributed by atoms with Gasteiger partial charge in [0.2, 0.25) is 0 Å². The molecular formula is C13H15ClN2O2. The lowest BCUT2D eigenvalue weighted by molar-refractivity contribution is -0.0716. The number of methoxy groups -OCH3 is 1. The van der Waals surface area contributed by atoms with Gasteiger partial charge in [0.15, 0.2) is 0 Å². The summed E-state index contributed by atoms with van der Waals surface area (Å²) in [5, 5.41) is 9.79. The van der Waals surface area contributed by atoms with Crippen LogP contribution in [0.2, 0.25) is 5.02 Å². The monoisotopic (exact) mass is 266 g/mol.